The molecule has 0 saturated heterocycles. The molecule has 3 aromatic rings. The van der Waals surface area contributed by atoms with Crippen LogP contribution in [-0.2, 0) is 16.0 Å². The Bertz CT molecular complexity index is 1160. The van der Waals surface area contributed by atoms with Crippen molar-refractivity contribution in [1.29, 1.82) is 5.26 Å². The number of benzene rings is 1. The largest absolute Gasteiger partial charge is 0.326 e. The Morgan fingerprint density at radius 3 is 2.57 bits per heavy atom. The number of rotatable bonds is 6. The average molecular weight is 404 g/mol. The second kappa shape index (κ2) is 8.74. The summed E-state index contributed by atoms with van der Waals surface area (Å²) in [6, 6.07) is 9.16. The summed E-state index contributed by atoms with van der Waals surface area (Å²) < 4.78 is 1.64. The van der Waals surface area contributed by atoms with E-state index in [2.05, 4.69) is 26.8 Å². The quantitative estimate of drug-likeness (QED) is 0.654. The van der Waals surface area contributed by atoms with Gasteiger partial charge in [0, 0.05) is 35.1 Å². The van der Waals surface area contributed by atoms with E-state index in [4.69, 9.17) is 5.26 Å². The van der Waals surface area contributed by atoms with Gasteiger partial charge in [-0.1, -0.05) is 19.9 Å². The highest BCUT2D eigenvalue weighted by molar-refractivity contribution is 5.94. The van der Waals surface area contributed by atoms with E-state index in [1.807, 2.05) is 27.7 Å². The SMILES string of the molecule is Cc1nc2c(C#N)cnn2c(C)c1CCC(=O)Nc1cccc(NC(=O)C(C)C)c1. The third-order valence-electron chi connectivity index (χ3n) is 4.87. The first-order chi connectivity index (χ1) is 14.3. The maximum absolute atomic E-state index is 12.5. The zero-order valence-electron chi connectivity index (χ0n) is 17.5. The van der Waals surface area contributed by atoms with Crippen LogP contribution in [0, 0.1) is 31.1 Å². The molecule has 0 saturated carbocycles. The number of hydrogen-bond acceptors (Lipinski definition) is 5. The van der Waals surface area contributed by atoms with Gasteiger partial charge in [-0.15, -0.1) is 0 Å². The smallest absolute Gasteiger partial charge is 0.226 e. The molecule has 30 heavy (non-hydrogen) atoms. The summed E-state index contributed by atoms with van der Waals surface area (Å²) in [5.74, 6) is -0.343. The van der Waals surface area contributed by atoms with Crippen LogP contribution in [0.15, 0.2) is 30.5 Å². The van der Waals surface area contributed by atoms with E-state index in [-0.39, 0.29) is 24.2 Å². The highest BCUT2D eigenvalue weighted by Crippen LogP contribution is 2.20. The fourth-order valence-electron chi connectivity index (χ4n) is 3.17. The zero-order valence-corrected chi connectivity index (χ0v) is 17.5. The number of aryl methyl sites for hydroxylation is 2. The lowest BCUT2D eigenvalue weighted by Gasteiger charge is -2.12. The summed E-state index contributed by atoms with van der Waals surface area (Å²) in [5.41, 5.74) is 4.79. The highest BCUT2D eigenvalue weighted by atomic mass is 16.2. The van der Waals surface area contributed by atoms with Crippen LogP contribution in [0.2, 0.25) is 0 Å². The standard InChI is InChI=1S/C22H24N6O2/c1-13(2)22(30)27-18-7-5-6-17(10-18)26-20(29)9-8-19-14(3)25-21-16(11-23)12-24-28(21)15(19)4/h5-7,10,12-13H,8-9H2,1-4H3,(H,26,29)(H,27,30). The Hall–Kier alpha value is -3.73. The molecular formula is C22H24N6O2. The second-order valence-electron chi connectivity index (χ2n) is 7.44. The third-order valence-corrected chi connectivity index (χ3v) is 4.87. The molecule has 8 heteroatoms. The molecular weight excluding hydrogens is 380 g/mol. The number of carbonyl (C=O) groups is 2. The van der Waals surface area contributed by atoms with Crippen molar-refractivity contribution in [2.45, 2.75) is 40.5 Å². The van der Waals surface area contributed by atoms with Crippen molar-refractivity contribution in [3.05, 3.63) is 53.0 Å². The van der Waals surface area contributed by atoms with E-state index in [1.54, 1.807) is 28.8 Å². The van der Waals surface area contributed by atoms with E-state index in [1.165, 1.54) is 6.20 Å². The molecule has 0 aliphatic carbocycles. The van der Waals surface area contributed by atoms with Crippen LogP contribution in [0.3, 0.4) is 0 Å². The number of carbonyl (C=O) groups excluding carboxylic acids is 2. The van der Waals surface area contributed by atoms with Crippen LogP contribution in [0.4, 0.5) is 11.4 Å². The van der Waals surface area contributed by atoms with Gasteiger partial charge in [-0.25, -0.2) is 9.50 Å². The Morgan fingerprint density at radius 2 is 1.90 bits per heavy atom. The first-order valence-electron chi connectivity index (χ1n) is 9.75. The van der Waals surface area contributed by atoms with Crippen molar-refractivity contribution in [2.24, 2.45) is 5.92 Å². The Labute approximate surface area is 174 Å². The third kappa shape index (κ3) is 4.46. The molecule has 0 atom stereocenters. The molecule has 0 aliphatic heterocycles. The second-order valence-corrected chi connectivity index (χ2v) is 7.44. The lowest BCUT2D eigenvalue weighted by atomic mass is 10.1. The normalized spacial score (nSPS) is 10.8. The molecule has 0 unspecified atom stereocenters. The van der Waals surface area contributed by atoms with Crippen molar-refractivity contribution < 1.29 is 9.59 Å². The van der Waals surface area contributed by atoms with Crippen molar-refractivity contribution in [2.75, 3.05) is 10.6 Å². The van der Waals surface area contributed by atoms with Crippen LogP contribution in [-0.4, -0.2) is 26.4 Å². The van der Waals surface area contributed by atoms with Gasteiger partial charge in [-0.3, -0.25) is 9.59 Å². The number of aromatic nitrogens is 3. The minimum atomic E-state index is -0.139. The van der Waals surface area contributed by atoms with Crippen LogP contribution >= 0.6 is 0 Å². The fourth-order valence-corrected chi connectivity index (χ4v) is 3.17. The van der Waals surface area contributed by atoms with Gasteiger partial charge in [0.2, 0.25) is 11.8 Å². The van der Waals surface area contributed by atoms with E-state index in [0.29, 0.717) is 29.0 Å². The summed E-state index contributed by atoms with van der Waals surface area (Å²) in [7, 11) is 0. The summed E-state index contributed by atoms with van der Waals surface area (Å²) in [4.78, 5) is 28.8. The Morgan fingerprint density at radius 1 is 1.20 bits per heavy atom. The first-order valence-corrected chi connectivity index (χ1v) is 9.75. The van der Waals surface area contributed by atoms with Crippen LogP contribution in [0.5, 0.6) is 0 Å². The predicted octanol–water partition coefficient (Wildman–Crippen LogP) is 3.38. The van der Waals surface area contributed by atoms with Gasteiger partial charge >= 0.3 is 0 Å². The number of nitrogens with one attached hydrogen (secondary N) is 2. The highest BCUT2D eigenvalue weighted by Gasteiger charge is 2.15. The van der Waals surface area contributed by atoms with Crippen molar-refractivity contribution in [1.82, 2.24) is 14.6 Å². The van der Waals surface area contributed by atoms with Crippen LogP contribution in [0.25, 0.3) is 5.65 Å². The number of amides is 2. The molecule has 0 aliphatic rings. The lowest BCUT2D eigenvalue weighted by Crippen LogP contribution is -2.18. The minimum Gasteiger partial charge on any atom is -0.326 e. The lowest BCUT2D eigenvalue weighted by molar-refractivity contribution is -0.119. The molecule has 3 rings (SSSR count). The van der Waals surface area contributed by atoms with Gasteiger partial charge in [-0.05, 0) is 44.0 Å². The molecule has 2 aromatic heterocycles. The van der Waals surface area contributed by atoms with Gasteiger partial charge < -0.3 is 10.6 Å². The van der Waals surface area contributed by atoms with Gasteiger partial charge in [0.1, 0.15) is 11.6 Å². The predicted molar refractivity (Wildman–Crippen MR) is 114 cm³/mol. The topological polar surface area (TPSA) is 112 Å². The maximum atomic E-state index is 12.5. The molecule has 2 amide bonds. The zero-order chi connectivity index (χ0) is 21.8. The van der Waals surface area contributed by atoms with Crippen LogP contribution in [0.1, 0.15) is 42.8 Å². The van der Waals surface area contributed by atoms with E-state index in [9.17, 15) is 9.59 Å². The van der Waals surface area contributed by atoms with E-state index in [0.717, 1.165) is 17.0 Å². The number of hydrogen-bond donors (Lipinski definition) is 2. The summed E-state index contributed by atoms with van der Waals surface area (Å²) in [6.45, 7) is 7.42. The number of nitriles is 1. The number of nitrogens with zero attached hydrogens (tertiary/aromatic N) is 4. The monoisotopic (exact) mass is 404 g/mol. The number of fused-ring (bicyclic) bond motifs is 1. The molecule has 1 aromatic carbocycles. The number of anilines is 2. The molecule has 2 N–H and O–H groups in total. The van der Waals surface area contributed by atoms with Gasteiger partial charge in [0.25, 0.3) is 0 Å². The fraction of sp³-hybridized carbons (Fsp3) is 0.318. The summed E-state index contributed by atoms with van der Waals surface area (Å²) >= 11 is 0. The molecule has 154 valence electrons. The van der Waals surface area contributed by atoms with Gasteiger partial charge in [-0.2, -0.15) is 10.4 Å². The average Bonchev–Trinajstić information content (AvgIpc) is 3.10. The maximum Gasteiger partial charge on any atom is 0.226 e. The molecule has 0 radical (unpaired) electrons. The van der Waals surface area contributed by atoms with Crippen molar-refractivity contribution in [3.8, 4) is 6.07 Å². The summed E-state index contributed by atoms with van der Waals surface area (Å²) in [6.07, 6.45) is 2.26. The Kier molecular flexibility index (Phi) is 6.11. The van der Waals surface area contributed by atoms with Crippen LogP contribution < -0.4 is 10.6 Å². The van der Waals surface area contributed by atoms with Gasteiger partial charge in [0.15, 0.2) is 5.65 Å². The molecule has 2 heterocycles. The molecule has 0 fully saturated rings. The minimum absolute atomic E-state index is 0.0782. The van der Waals surface area contributed by atoms with Crippen molar-refractivity contribution in [3.63, 3.8) is 0 Å². The molecule has 8 nitrogen and oxygen atoms in total. The first kappa shape index (κ1) is 21.0. The van der Waals surface area contributed by atoms with E-state index < -0.39 is 0 Å². The van der Waals surface area contributed by atoms with Crippen molar-refractivity contribution >= 4 is 28.8 Å². The van der Waals surface area contributed by atoms with E-state index >= 15 is 0 Å². The molecule has 0 bridgehead atoms. The summed E-state index contributed by atoms with van der Waals surface area (Å²) in [5, 5.41) is 19.1. The molecule has 0 spiro atoms. The van der Waals surface area contributed by atoms with Gasteiger partial charge in [0.05, 0.1) is 6.20 Å². The Balaban J connectivity index is 1.68.